The van der Waals surface area contributed by atoms with Crippen molar-refractivity contribution in [2.24, 2.45) is 22.5 Å². The number of nitrogens with one attached hydrogen (secondary N) is 1. The molecule has 0 heterocycles. The summed E-state index contributed by atoms with van der Waals surface area (Å²) in [5.41, 5.74) is 7.35. The van der Waals surface area contributed by atoms with Crippen molar-refractivity contribution in [2.45, 2.75) is 34.2 Å². The number of benzene rings is 1. The van der Waals surface area contributed by atoms with Crippen LogP contribution in [0.3, 0.4) is 0 Å². The maximum Gasteiger partial charge on any atom is 0.228 e. The van der Waals surface area contributed by atoms with Crippen LogP contribution < -0.4 is 15.8 Å². The molecular formula is C16H24N2O2. The minimum Gasteiger partial charge on any atom is -0.495 e. The van der Waals surface area contributed by atoms with E-state index in [0.717, 1.165) is 5.56 Å². The van der Waals surface area contributed by atoms with E-state index >= 15 is 0 Å². The van der Waals surface area contributed by atoms with Crippen molar-refractivity contribution in [3.63, 3.8) is 0 Å². The van der Waals surface area contributed by atoms with E-state index in [1.165, 1.54) is 0 Å². The maximum atomic E-state index is 12.4. The summed E-state index contributed by atoms with van der Waals surface area (Å²) in [4.78, 5) is 12.4. The molecule has 2 rings (SSSR count). The number of carbonyl (C=O) groups is 1. The number of anilines is 1. The molecule has 4 heteroatoms. The maximum absolute atomic E-state index is 12.4. The Balaban J connectivity index is 2.17. The fourth-order valence-electron chi connectivity index (χ4n) is 3.02. The van der Waals surface area contributed by atoms with E-state index in [1.807, 2.05) is 18.2 Å². The Kier molecular flexibility index (Phi) is 3.54. The summed E-state index contributed by atoms with van der Waals surface area (Å²) in [6, 6.07) is 5.61. The average molecular weight is 276 g/mol. The highest BCUT2D eigenvalue weighted by atomic mass is 16.5. The smallest absolute Gasteiger partial charge is 0.228 e. The van der Waals surface area contributed by atoms with Crippen molar-refractivity contribution in [3.8, 4) is 5.75 Å². The Morgan fingerprint density at radius 1 is 1.30 bits per heavy atom. The van der Waals surface area contributed by atoms with Crippen LogP contribution >= 0.6 is 0 Å². The van der Waals surface area contributed by atoms with Crippen LogP contribution in [0.5, 0.6) is 5.75 Å². The zero-order valence-corrected chi connectivity index (χ0v) is 12.9. The molecule has 0 saturated heterocycles. The molecule has 1 saturated carbocycles. The lowest BCUT2D eigenvalue weighted by Crippen LogP contribution is -2.18. The highest BCUT2D eigenvalue weighted by molar-refractivity contribution is 5.97. The van der Waals surface area contributed by atoms with Crippen molar-refractivity contribution in [3.05, 3.63) is 23.8 Å². The lowest BCUT2D eigenvalue weighted by atomic mass is 10.0. The zero-order chi connectivity index (χ0) is 15.1. The molecule has 1 aliphatic rings. The molecule has 1 aromatic rings. The van der Waals surface area contributed by atoms with Crippen LogP contribution in [0.15, 0.2) is 18.2 Å². The summed E-state index contributed by atoms with van der Waals surface area (Å²) in [5.74, 6) is 0.727. The molecule has 3 N–H and O–H groups in total. The highest BCUT2D eigenvalue weighted by Gasteiger charge is 2.68. The molecular weight excluding hydrogens is 252 g/mol. The molecule has 0 bridgehead atoms. The summed E-state index contributed by atoms with van der Waals surface area (Å²) >= 11 is 0. The fourth-order valence-corrected chi connectivity index (χ4v) is 3.02. The number of carbonyl (C=O) groups excluding carboxylic acids is 1. The summed E-state index contributed by atoms with van der Waals surface area (Å²) in [6.45, 7) is 8.98. The molecule has 4 nitrogen and oxygen atoms in total. The van der Waals surface area contributed by atoms with Crippen molar-refractivity contribution >= 4 is 11.6 Å². The number of nitrogens with two attached hydrogens (primary N) is 1. The Bertz CT molecular complexity index is 521. The first-order valence-corrected chi connectivity index (χ1v) is 6.93. The van der Waals surface area contributed by atoms with Crippen LogP contribution in [0, 0.1) is 16.7 Å². The van der Waals surface area contributed by atoms with Gasteiger partial charge >= 0.3 is 0 Å². The van der Waals surface area contributed by atoms with Gasteiger partial charge in [0.25, 0.3) is 0 Å². The van der Waals surface area contributed by atoms with E-state index in [2.05, 4.69) is 33.0 Å². The predicted octanol–water partition coefficient (Wildman–Crippen LogP) is 2.77. The molecule has 110 valence electrons. The summed E-state index contributed by atoms with van der Waals surface area (Å²) in [5, 5.41) is 2.98. The second-order valence-electron chi connectivity index (χ2n) is 6.60. The molecule has 0 unspecified atom stereocenters. The van der Waals surface area contributed by atoms with Crippen molar-refractivity contribution in [1.82, 2.24) is 0 Å². The van der Waals surface area contributed by atoms with Gasteiger partial charge < -0.3 is 15.8 Å². The van der Waals surface area contributed by atoms with Gasteiger partial charge in [0.15, 0.2) is 0 Å². The van der Waals surface area contributed by atoms with Crippen molar-refractivity contribution in [2.75, 3.05) is 12.4 Å². The van der Waals surface area contributed by atoms with E-state index in [4.69, 9.17) is 10.5 Å². The van der Waals surface area contributed by atoms with E-state index in [9.17, 15) is 4.79 Å². The summed E-state index contributed by atoms with van der Waals surface area (Å²) in [6.07, 6.45) is 0. The molecule has 1 aliphatic carbocycles. The molecule has 20 heavy (non-hydrogen) atoms. The quantitative estimate of drug-likeness (QED) is 0.888. The van der Waals surface area contributed by atoms with Crippen LogP contribution in [-0.2, 0) is 11.3 Å². The van der Waals surface area contributed by atoms with E-state index in [0.29, 0.717) is 18.0 Å². The van der Waals surface area contributed by atoms with Gasteiger partial charge in [-0.25, -0.2) is 0 Å². The number of rotatable bonds is 4. The minimum atomic E-state index is 0.0221. The first kappa shape index (κ1) is 14.9. The first-order valence-electron chi connectivity index (χ1n) is 6.93. The first-order chi connectivity index (χ1) is 9.25. The fraction of sp³-hybridized carbons (Fsp3) is 0.562. The SMILES string of the molecule is COc1cc(CN)ccc1NC(=O)C1C(C)(C)C1(C)C. The summed E-state index contributed by atoms with van der Waals surface area (Å²) in [7, 11) is 1.59. The molecule has 0 aromatic heterocycles. The number of methoxy groups -OCH3 is 1. The van der Waals surface area contributed by atoms with Crippen LogP contribution in [0.2, 0.25) is 0 Å². The third-order valence-electron chi connectivity index (χ3n) is 5.04. The average Bonchev–Trinajstić information content (AvgIpc) is 2.80. The normalized spacial score (nSPS) is 19.5. The van der Waals surface area contributed by atoms with Crippen LogP contribution in [-0.4, -0.2) is 13.0 Å². The Hall–Kier alpha value is -1.55. The van der Waals surface area contributed by atoms with E-state index in [-0.39, 0.29) is 22.7 Å². The molecule has 1 aromatic carbocycles. The van der Waals surface area contributed by atoms with Crippen LogP contribution in [0.1, 0.15) is 33.3 Å². The highest BCUT2D eigenvalue weighted by Crippen LogP contribution is 2.68. The number of hydrogen-bond donors (Lipinski definition) is 2. The van der Waals surface area contributed by atoms with Crippen LogP contribution in [0.25, 0.3) is 0 Å². The molecule has 0 atom stereocenters. The van der Waals surface area contributed by atoms with Gasteiger partial charge in [0.1, 0.15) is 5.75 Å². The van der Waals surface area contributed by atoms with Gasteiger partial charge in [-0.2, -0.15) is 0 Å². The molecule has 1 amide bonds. The monoisotopic (exact) mass is 276 g/mol. The Labute approximate surface area is 120 Å². The molecule has 1 fully saturated rings. The van der Waals surface area contributed by atoms with Gasteiger partial charge in [-0.05, 0) is 28.5 Å². The second-order valence-corrected chi connectivity index (χ2v) is 6.60. The minimum absolute atomic E-state index is 0.0221. The van der Waals surface area contributed by atoms with Gasteiger partial charge in [-0.1, -0.05) is 33.8 Å². The standard InChI is InChI=1S/C16H24N2O2/c1-15(2)13(16(15,3)4)14(19)18-11-7-6-10(9-17)8-12(11)20-5/h6-8,13H,9,17H2,1-5H3,(H,18,19). The predicted molar refractivity (Wildman–Crippen MR) is 80.6 cm³/mol. The van der Waals surface area contributed by atoms with Gasteiger partial charge in [0.05, 0.1) is 12.8 Å². The van der Waals surface area contributed by atoms with Gasteiger partial charge in [0.2, 0.25) is 5.91 Å². The third kappa shape index (κ3) is 2.18. The van der Waals surface area contributed by atoms with E-state index < -0.39 is 0 Å². The number of ether oxygens (including phenoxy) is 1. The Morgan fingerprint density at radius 2 is 1.90 bits per heavy atom. The molecule has 0 radical (unpaired) electrons. The second kappa shape index (κ2) is 4.77. The van der Waals surface area contributed by atoms with Gasteiger partial charge in [0, 0.05) is 12.5 Å². The zero-order valence-electron chi connectivity index (χ0n) is 12.9. The Morgan fingerprint density at radius 3 is 2.35 bits per heavy atom. The lowest BCUT2D eigenvalue weighted by molar-refractivity contribution is -0.118. The third-order valence-corrected chi connectivity index (χ3v) is 5.04. The molecule has 0 spiro atoms. The molecule has 0 aliphatic heterocycles. The number of amides is 1. The van der Waals surface area contributed by atoms with Crippen molar-refractivity contribution < 1.29 is 9.53 Å². The van der Waals surface area contributed by atoms with Gasteiger partial charge in [-0.15, -0.1) is 0 Å². The lowest BCUT2D eigenvalue weighted by Gasteiger charge is -2.12. The number of hydrogen-bond acceptors (Lipinski definition) is 3. The van der Waals surface area contributed by atoms with Crippen molar-refractivity contribution in [1.29, 1.82) is 0 Å². The van der Waals surface area contributed by atoms with Crippen LogP contribution in [0.4, 0.5) is 5.69 Å². The van der Waals surface area contributed by atoms with Gasteiger partial charge in [-0.3, -0.25) is 4.79 Å². The largest absolute Gasteiger partial charge is 0.495 e. The van der Waals surface area contributed by atoms with E-state index in [1.54, 1.807) is 7.11 Å². The topological polar surface area (TPSA) is 64.3 Å². The summed E-state index contributed by atoms with van der Waals surface area (Å²) < 4.78 is 5.32.